The van der Waals surface area contributed by atoms with Gasteiger partial charge in [-0.05, 0) is 38.5 Å². The van der Waals surface area contributed by atoms with Crippen LogP contribution in [0.5, 0.6) is 5.75 Å². The van der Waals surface area contributed by atoms with Crippen LogP contribution in [0.25, 0.3) is 11.0 Å². The number of hydrogen-bond donors (Lipinski definition) is 4. The van der Waals surface area contributed by atoms with Gasteiger partial charge in [0.2, 0.25) is 6.29 Å². The molecule has 1 fully saturated rings. The lowest BCUT2D eigenvalue weighted by atomic mass is 9.99. The Morgan fingerprint density at radius 2 is 1.69 bits per heavy atom. The number of fused-ring (bicyclic) bond motifs is 1. The van der Waals surface area contributed by atoms with Gasteiger partial charge >= 0.3 is 5.63 Å². The maximum absolute atomic E-state index is 12.0. The Morgan fingerprint density at radius 1 is 1.00 bits per heavy atom. The van der Waals surface area contributed by atoms with Crippen LogP contribution in [-0.2, 0) is 4.74 Å². The summed E-state index contributed by atoms with van der Waals surface area (Å²) < 4.78 is 16.4. The van der Waals surface area contributed by atoms with Gasteiger partial charge in [-0.3, -0.25) is 0 Å². The lowest BCUT2D eigenvalue weighted by molar-refractivity contribution is -0.277. The van der Waals surface area contributed by atoms with Crippen LogP contribution in [0.3, 0.4) is 0 Å². The fourth-order valence-corrected chi connectivity index (χ4v) is 3.04. The second-order valence-corrected chi connectivity index (χ2v) is 6.52. The standard InChI is InChI=1S/C18H22O8/c1-7-8(2)17(23)26-16-9(3)11(5-4-10(7)16)24-18-15(22)14(21)13(20)12(6-19)25-18/h4-5,12-15,18-22H,6H2,1-3H3/t12-,13-,14+,15-,18+/m1/s1. The van der Waals surface area contributed by atoms with Gasteiger partial charge in [0.1, 0.15) is 35.7 Å². The van der Waals surface area contributed by atoms with E-state index in [0.717, 1.165) is 10.9 Å². The van der Waals surface area contributed by atoms with Gasteiger partial charge in [0.05, 0.1) is 6.61 Å². The molecule has 8 nitrogen and oxygen atoms in total. The van der Waals surface area contributed by atoms with Crippen LogP contribution in [0.4, 0.5) is 0 Å². The van der Waals surface area contributed by atoms with Crippen molar-refractivity contribution in [3.63, 3.8) is 0 Å². The number of ether oxygens (including phenoxy) is 2. The van der Waals surface area contributed by atoms with Crippen molar-refractivity contribution in [2.75, 3.05) is 6.61 Å². The summed E-state index contributed by atoms with van der Waals surface area (Å²) in [6, 6.07) is 3.37. The molecule has 1 saturated heterocycles. The summed E-state index contributed by atoms with van der Waals surface area (Å²) in [7, 11) is 0. The molecule has 0 radical (unpaired) electrons. The highest BCUT2D eigenvalue weighted by molar-refractivity contribution is 5.85. The van der Waals surface area contributed by atoms with Crippen molar-refractivity contribution in [2.24, 2.45) is 0 Å². The predicted molar refractivity (Wildman–Crippen MR) is 91.1 cm³/mol. The van der Waals surface area contributed by atoms with Crippen LogP contribution >= 0.6 is 0 Å². The second-order valence-electron chi connectivity index (χ2n) is 6.52. The van der Waals surface area contributed by atoms with Crippen LogP contribution in [0.1, 0.15) is 16.7 Å². The Bertz CT molecular complexity index is 872. The molecule has 142 valence electrons. The predicted octanol–water partition coefficient (Wildman–Crippen LogP) is -0.103. The summed E-state index contributed by atoms with van der Waals surface area (Å²) >= 11 is 0. The van der Waals surface area contributed by atoms with Crippen LogP contribution in [0.2, 0.25) is 0 Å². The van der Waals surface area contributed by atoms with Gasteiger partial charge in [0, 0.05) is 16.5 Å². The van der Waals surface area contributed by atoms with Crippen molar-refractivity contribution < 1.29 is 34.3 Å². The summed E-state index contributed by atoms with van der Waals surface area (Å²) in [6.45, 7) is 4.66. The maximum atomic E-state index is 12.0. The van der Waals surface area contributed by atoms with E-state index in [4.69, 9.17) is 13.9 Å². The molecule has 1 aliphatic heterocycles. The van der Waals surface area contributed by atoms with Crippen molar-refractivity contribution >= 4 is 11.0 Å². The smallest absolute Gasteiger partial charge is 0.339 e. The van der Waals surface area contributed by atoms with Crippen LogP contribution in [0.15, 0.2) is 21.3 Å². The highest BCUT2D eigenvalue weighted by atomic mass is 16.7. The first-order valence-corrected chi connectivity index (χ1v) is 8.27. The number of aryl methyl sites for hydroxylation is 2. The molecule has 2 aromatic rings. The molecule has 2 heterocycles. The van der Waals surface area contributed by atoms with E-state index in [2.05, 4.69) is 0 Å². The van der Waals surface area contributed by atoms with Gasteiger partial charge < -0.3 is 34.3 Å². The molecule has 0 spiro atoms. The Kier molecular flexibility index (Phi) is 5.05. The average molecular weight is 366 g/mol. The Labute approximate surface area is 149 Å². The molecule has 1 aromatic carbocycles. The molecule has 1 aliphatic rings. The monoisotopic (exact) mass is 366 g/mol. The first kappa shape index (κ1) is 18.8. The van der Waals surface area contributed by atoms with E-state index in [0.29, 0.717) is 16.7 Å². The molecular formula is C18H22O8. The third-order valence-corrected chi connectivity index (χ3v) is 4.92. The molecule has 5 atom stereocenters. The molecule has 4 N–H and O–H groups in total. The Hall–Kier alpha value is -1.97. The minimum Gasteiger partial charge on any atom is -0.462 e. The molecule has 1 aromatic heterocycles. The van der Waals surface area contributed by atoms with E-state index in [1.807, 2.05) is 6.92 Å². The molecule has 0 bridgehead atoms. The molecule has 0 saturated carbocycles. The quantitative estimate of drug-likeness (QED) is 0.554. The minimum atomic E-state index is -1.53. The van der Waals surface area contributed by atoms with Gasteiger partial charge in [0.15, 0.2) is 0 Å². The third kappa shape index (κ3) is 3.00. The van der Waals surface area contributed by atoms with Crippen LogP contribution in [-0.4, -0.2) is 57.7 Å². The number of rotatable bonds is 3. The van der Waals surface area contributed by atoms with Crippen LogP contribution in [0, 0.1) is 20.8 Å². The van der Waals surface area contributed by atoms with Crippen molar-refractivity contribution in [1.29, 1.82) is 0 Å². The number of aliphatic hydroxyl groups excluding tert-OH is 4. The van der Waals surface area contributed by atoms with E-state index < -0.39 is 42.9 Å². The normalized spacial score (nSPS) is 29.1. The summed E-state index contributed by atoms with van der Waals surface area (Å²) in [4.78, 5) is 12.0. The largest absolute Gasteiger partial charge is 0.462 e. The lowest BCUT2D eigenvalue weighted by Gasteiger charge is -2.39. The van der Waals surface area contributed by atoms with Gasteiger partial charge in [0.25, 0.3) is 0 Å². The van der Waals surface area contributed by atoms with Crippen molar-refractivity contribution in [3.05, 3.63) is 39.2 Å². The Balaban J connectivity index is 1.97. The zero-order valence-electron chi connectivity index (χ0n) is 14.7. The molecule has 0 unspecified atom stereocenters. The fourth-order valence-electron chi connectivity index (χ4n) is 3.04. The zero-order valence-corrected chi connectivity index (χ0v) is 14.7. The van der Waals surface area contributed by atoms with Gasteiger partial charge in [-0.1, -0.05) is 0 Å². The highest BCUT2D eigenvalue weighted by Crippen LogP contribution is 2.32. The third-order valence-electron chi connectivity index (χ3n) is 4.92. The minimum absolute atomic E-state index is 0.285. The van der Waals surface area contributed by atoms with Gasteiger partial charge in [-0.2, -0.15) is 0 Å². The molecular weight excluding hydrogens is 344 g/mol. The maximum Gasteiger partial charge on any atom is 0.339 e. The van der Waals surface area contributed by atoms with E-state index >= 15 is 0 Å². The number of hydrogen-bond acceptors (Lipinski definition) is 8. The topological polar surface area (TPSA) is 130 Å². The van der Waals surface area contributed by atoms with E-state index in [1.54, 1.807) is 26.0 Å². The van der Waals surface area contributed by atoms with Crippen molar-refractivity contribution in [3.8, 4) is 5.75 Å². The molecule has 0 aliphatic carbocycles. The SMILES string of the molecule is Cc1c(C)c2ccc(O[C@H]3O[C@H](CO)[C@@H](O)[C@H](O)[C@H]3O)c(C)c2oc1=O. The summed E-state index contributed by atoms with van der Waals surface area (Å²) in [6.07, 6.45) is -6.89. The van der Waals surface area contributed by atoms with Gasteiger partial charge in [-0.25, -0.2) is 4.79 Å². The van der Waals surface area contributed by atoms with E-state index in [9.17, 15) is 25.2 Å². The number of benzene rings is 1. The first-order chi connectivity index (χ1) is 12.3. The Morgan fingerprint density at radius 3 is 2.35 bits per heavy atom. The second kappa shape index (κ2) is 6.98. The molecule has 8 heteroatoms. The summed E-state index contributed by atoms with van der Waals surface area (Å²) in [5, 5.41) is 39.8. The molecule has 3 rings (SSSR count). The summed E-state index contributed by atoms with van der Waals surface area (Å²) in [5.74, 6) is 0.285. The van der Waals surface area contributed by atoms with E-state index in [1.165, 1.54) is 0 Å². The average Bonchev–Trinajstić information content (AvgIpc) is 2.62. The highest BCUT2D eigenvalue weighted by Gasteiger charge is 2.44. The number of aliphatic hydroxyl groups is 4. The fraction of sp³-hybridized carbons (Fsp3) is 0.500. The molecule has 26 heavy (non-hydrogen) atoms. The lowest BCUT2D eigenvalue weighted by Crippen LogP contribution is -2.60. The van der Waals surface area contributed by atoms with Crippen LogP contribution < -0.4 is 10.4 Å². The molecule has 0 amide bonds. The zero-order chi connectivity index (χ0) is 19.2. The van der Waals surface area contributed by atoms with Crippen molar-refractivity contribution in [2.45, 2.75) is 51.5 Å². The van der Waals surface area contributed by atoms with Crippen molar-refractivity contribution in [1.82, 2.24) is 0 Å². The summed E-state index contributed by atoms with van der Waals surface area (Å²) in [5.41, 5.74) is 1.78. The first-order valence-electron chi connectivity index (χ1n) is 8.27. The van der Waals surface area contributed by atoms with E-state index in [-0.39, 0.29) is 5.75 Å². The van der Waals surface area contributed by atoms with Gasteiger partial charge in [-0.15, -0.1) is 0 Å².